The van der Waals surface area contributed by atoms with E-state index in [-0.39, 0.29) is 36.4 Å². The molecule has 2 saturated heterocycles. The van der Waals surface area contributed by atoms with Gasteiger partial charge in [0.05, 0.1) is 5.92 Å². The first-order valence-corrected chi connectivity index (χ1v) is 9.60. The van der Waals surface area contributed by atoms with Crippen molar-refractivity contribution in [2.45, 2.75) is 38.6 Å². The van der Waals surface area contributed by atoms with Gasteiger partial charge in [0.15, 0.2) is 0 Å². The van der Waals surface area contributed by atoms with E-state index in [4.69, 9.17) is 0 Å². The second-order valence-corrected chi connectivity index (χ2v) is 7.55. The predicted octanol–water partition coefficient (Wildman–Crippen LogP) is 2.55. The highest BCUT2D eigenvalue weighted by Gasteiger charge is 2.35. The van der Waals surface area contributed by atoms with Gasteiger partial charge in [0.25, 0.3) is 0 Å². The Morgan fingerprint density at radius 3 is 2.65 bits per heavy atom. The van der Waals surface area contributed by atoms with Crippen molar-refractivity contribution in [1.82, 2.24) is 9.80 Å². The van der Waals surface area contributed by atoms with Crippen LogP contribution in [-0.4, -0.2) is 59.1 Å². The first-order valence-electron chi connectivity index (χ1n) is 9.60. The second kappa shape index (κ2) is 8.54. The minimum atomic E-state index is -0.148. The normalized spacial score (nSPS) is 26.5. The van der Waals surface area contributed by atoms with E-state index in [1.165, 1.54) is 0 Å². The highest BCUT2D eigenvalue weighted by Crippen LogP contribution is 2.26. The number of carbonyl (C=O) groups excluding carboxylic acids is 2. The molecule has 0 aliphatic carbocycles. The number of likely N-dealkylation sites (tertiary alicyclic amines) is 2. The van der Waals surface area contributed by atoms with Crippen LogP contribution in [-0.2, 0) is 4.79 Å². The van der Waals surface area contributed by atoms with E-state index in [1.807, 2.05) is 35.2 Å². The molecule has 3 atom stereocenters. The van der Waals surface area contributed by atoms with Crippen molar-refractivity contribution in [2.75, 3.05) is 31.6 Å². The minimum absolute atomic E-state index is 0.132. The van der Waals surface area contributed by atoms with Crippen molar-refractivity contribution >= 4 is 17.6 Å². The number of anilines is 1. The van der Waals surface area contributed by atoms with E-state index in [0.29, 0.717) is 19.6 Å². The zero-order chi connectivity index (χ0) is 18.5. The van der Waals surface area contributed by atoms with Gasteiger partial charge in [0.1, 0.15) is 0 Å². The molecule has 1 aromatic carbocycles. The minimum Gasteiger partial charge on any atom is -0.396 e. The smallest absolute Gasteiger partial charge is 0.321 e. The van der Waals surface area contributed by atoms with Gasteiger partial charge >= 0.3 is 6.03 Å². The molecular weight excluding hydrogens is 330 g/mol. The predicted molar refractivity (Wildman–Crippen MR) is 101 cm³/mol. The Balaban J connectivity index is 1.60. The van der Waals surface area contributed by atoms with Crippen LogP contribution in [0.2, 0.25) is 0 Å². The Hall–Kier alpha value is -2.08. The third-order valence-corrected chi connectivity index (χ3v) is 5.60. The van der Waals surface area contributed by atoms with E-state index >= 15 is 0 Å². The van der Waals surface area contributed by atoms with Gasteiger partial charge in [-0.25, -0.2) is 4.79 Å². The maximum atomic E-state index is 13.0. The van der Waals surface area contributed by atoms with E-state index in [9.17, 15) is 14.7 Å². The summed E-state index contributed by atoms with van der Waals surface area (Å²) in [6, 6.07) is 9.45. The molecule has 2 aliphatic heterocycles. The van der Waals surface area contributed by atoms with E-state index in [1.54, 1.807) is 4.90 Å². The number of nitrogens with one attached hydrogen (secondary N) is 1. The SMILES string of the molecule is C[C@@H]1CC[C@H](CO)CN1C(=O)[C@H]1CCCN(C(=O)Nc2ccccc2)C1. The topological polar surface area (TPSA) is 72.9 Å². The number of para-hydroxylation sites is 1. The zero-order valence-electron chi connectivity index (χ0n) is 15.4. The third-order valence-electron chi connectivity index (χ3n) is 5.60. The van der Waals surface area contributed by atoms with Gasteiger partial charge in [-0.1, -0.05) is 18.2 Å². The molecule has 2 fully saturated rings. The number of hydrogen-bond acceptors (Lipinski definition) is 3. The highest BCUT2D eigenvalue weighted by molar-refractivity contribution is 5.90. The van der Waals surface area contributed by atoms with Crippen molar-refractivity contribution < 1.29 is 14.7 Å². The van der Waals surface area contributed by atoms with Crippen LogP contribution in [0.25, 0.3) is 0 Å². The van der Waals surface area contributed by atoms with Gasteiger partial charge < -0.3 is 20.2 Å². The number of piperidine rings is 2. The maximum absolute atomic E-state index is 13.0. The van der Waals surface area contributed by atoms with E-state index in [2.05, 4.69) is 12.2 Å². The molecule has 0 bridgehead atoms. The lowest BCUT2D eigenvalue weighted by atomic mass is 9.90. The van der Waals surface area contributed by atoms with Crippen LogP contribution in [0.5, 0.6) is 0 Å². The Bertz CT molecular complexity index is 622. The van der Waals surface area contributed by atoms with Gasteiger partial charge in [-0.05, 0) is 50.7 Å². The lowest BCUT2D eigenvalue weighted by molar-refractivity contribution is -0.141. The number of rotatable bonds is 3. The van der Waals surface area contributed by atoms with Gasteiger partial charge in [0.2, 0.25) is 5.91 Å². The summed E-state index contributed by atoms with van der Waals surface area (Å²) in [6.07, 6.45) is 3.56. The molecule has 0 unspecified atom stereocenters. The largest absolute Gasteiger partial charge is 0.396 e. The number of nitrogens with zero attached hydrogens (tertiary/aromatic N) is 2. The van der Waals surface area contributed by atoms with Gasteiger partial charge in [-0.15, -0.1) is 0 Å². The molecular formula is C20H29N3O3. The average molecular weight is 359 g/mol. The fourth-order valence-corrected chi connectivity index (χ4v) is 3.96. The number of carbonyl (C=O) groups is 2. The number of aliphatic hydroxyl groups is 1. The molecule has 6 nitrogen and oxygen atoms in total. The average Bonchev–Trinajstić information content (AvgIpc) is 2.68. The molecule has 0 aromatic heterocycles. The van der Waals surface area contributed by atoms with Gasteiger partial charge in [-0.2, -0.15) is 0 Å². The van der Waals surface area contributed by atoms with Crippen LogP contribution in [0.3, 0.4) is 0 Å². The standard InChI is InChI=1S/C20H29N3O3/c1-15-9-10-16(14-24)12-23(15)19(25)17-6-5-11-22(13-17)20(26)21-18-7-3-2-4-8-18/h2-4,7-8,15-17,24H,5-6,9-14H2,1H3,(H,21,26)/t15-,16+,17+/m1/s1. The van der Waals surface area contributed by atoms with Crippen molar-refractivity contribution in [2.24, 2.45) is 11.8 Å². The summed E-state index contributed by atoms with van der Waals surface area (Å²) in [6.45, 7) is 3.98. The fourth-order valence-electron chi connectivity index (χ4n) is 3.96. The fraction of sp³-hybridized carbons (Fsp3) is 0.600. The van der Waals surface area contributed by atoms with Crippen molar-refractivity contribution in [3.05, 3.63) is 30.3 Å². The quantitative estimate of drug-likeness (QED) is 0.871. The highest BCUT2D eigenvalue weighted by atomic mass is 16.3. The van der Waals surface area contributed by atoms with Crippen molar-refractivity contribution in [3.63, 3.8) is 0 Å². The summed E-state index contributed by atoms with van der Waals surface area (Å²) >= 11 is 0. The molecule has 0 radical (unpaired) electrons. The van der Waals surface area contributed by atoms with Crippen LogP contribution in [0, 0.1) is 11.8 Å². The Morgan fingerprint density at radius 2 is 1.92 bits per heavy atom. The Morgan fingerprint density at radius 1 is 1.15 bits per heavy atom. The molecule has 3 amide bonds. The van der Waals surface area contributed by atoms with E-state index in [0.717, 1.165) is 31.4 Å². The first-order chi connectivity index (χ1) is 12.6. The molecule has 0 spiro atoms. The molecule has 142 valence electrons. The molecule has 6 heteroatoms. The zero-order valence-corrected chi connectivity index (χ0v) is 15.4. The van der Waals surface area contributed by atoms with Crippen LogP contribution in [0.15, 0.2) is 30.3 Å². The molecule has 2 aliphatic rings. The third kappa shape index (κ3) is 4.36. The lowest BCUT2D eigenvalue weighted by Crippen LogP contribution is -2.52. The van der Waals surface area contributed by atoms with Gasteiger partial charge in [-0.3, -0.25) is 4.79 Å². The van der Waals surface area contributed by atoms with Crippen LogP contribution in [0.4, 0.5) is 10.5 Å². The summed E-state index contributed by atoms with van der Waals surface area (Å²) in [5.41, 5.74) is 0.765. The first kappa shape index (κ1) is 18.7. The van der Waals surface area contributed by atoms with Crippen LogP contribution >= 0.6 is 0 Å². The van der Waals surface area contributed by atoms with E-state index < -0.39 is 0 Å². The van der Waals surface area contributed by atoms with Gasteiger partial charge in [0, 0.05) is 38.0 Å². The maximum Gasteiger partial charge on any atom is 0.321 e. The van der Waals surface area contributed by atoms with Crippen molar-refractivity contribution in [3.8, 4) is 0 Å². The summed E-state index contributed by atoms with van der Waals surface area (Å²) in [4.78, 5) is 29.2. The number of hydrogen-bond donors (Lipinski definition) is 2. The second-order valence-electron chi connectivity index (χ2n) is 7.55. The number of aliphatic hydroxyl groups excluding tert-OH is 1. The monoisotopic (exact) mass is 359 g/mol. The lowest BCUT2D eigenvalue weighted by Gasteiger charge is -2.41. The number of amides is 3. The number of benzene rings is 1. The summed E-state index contributed by atoms with van der Waals surface area (Å²) < 4.78 is 0. The summed E-state index contributed by atoms with van der Waals surface area (Å²) in [5, 5.41) is 12.3. The molecule has 1 aromatic rings. The molecule has 0 saturated carbocycles. The van der Waals surface area contributed by atoms with Crippen LogP contribution in [0.1, 0.15) is 32.6 Å². The molecule has 2 heterocycles. The molecule has 26 heavy (non-hydrogen) atoms. The number of urea groups is 1. The summed E-state index contributed by atoms with van der Waals surface area (Å²) in [7, 11) is 0. The van der Waals surface area contributed by atoms with Crippen LogP contribution < -0.4 is 5.32 Å². The molecule has 2 N–H and O–H groups in total. The summed E-state index contributed by atoms with van der Waals surface area (Å²) in [5.74, 6) is 0.161. The van der Waals surface area contributed by atoms with Crippen molar-refractivity contribution in [1.29, 1.82) is 0 Å². The Labute approximate surface area is 155 Å². The molecule has 3 rings (SSSR count). The Kier molecular flexibility index (Phi) is 6.14.